The van der Waals surface area contributed by atoms with Crippen LogP contribution in [-0.2, 0) is 4.74 Å². The number of benzene rings is 2. The molecule has 0 aromatic heterocycles. The van der Waals surface area contributed by atoms with Crippen LogP contribution in [0.4, 0.5) is 0 Å². The van der Waals surface area contributed by atoms with E-state index in [4.69, 9.17) is 14.9 Å². The van der Waals surface area contributed by atoms with Crippen molar-refractivity contribution in [2.45, 2.75) is 67.4 Å². The monoisotopic (exact) mass is 551 g/mol. The third kappa shape index (κ3) is 11.3. The van der Waals surface area contributed by atoms with Gasteiger partial charge in [0.15, 0.2) is 0 Å². The Hall–Kier alpha value is -4.20. The summed E-state index contributed by atoms with van der Waals surface area (Å²) in [6.45, 7) is 14.0. The number of carbonyl (C=O) groups excluding carboxylic acids is 2. The molecule has 0 saturated heterocycles. The average Bonchev–Trinajstić information content (AvgIpc) is 2.87. The molecule has 216 valence electrons. The van der Waals surface area contributed by atoms with Crippen LogP contribution in [0, 0.1) is 0 Å². The number of nitrogens with zero attached hydrogens (tertiary/aromatic N) is 1. The maximum Gasteiger partial charge on any atom is 0.338 e. The van der Waals surface area contributed by atoms with E-state index in [0.717, 1.165) is 23.1 Å². The molecule has 0 radical (unpaired) electrons. The smallest absolute Gasteiger partial charge is 0.338 e. The van der Waals surface area contributed by atoms with Gasteiger partial charge in [-0.05, 0) is 95.0 Å². The molecule has 0 heterocycles. The van der Waals surface area contributed by atoms with Gasteiger partial charge >= 0.3 is 17.9 Å². The van der Waals surface area contributed by atoms with E-state index in [-0.39, 0.29) is 28.7 Å². The van der Waals surface area contributed by atoms with Gasteiger partial charge < -0.3 is 19.8 Å². The molecule has 2 rings (SSSR count). The molecule has 0 saturated carbocycles. The second-order valence-electron chi connectivity index (χ2n) is 10.1. The van der Waals surface area contributed by atoms with E-state index in [9.17, 15) is 19.2 Å². The first-order valence-corrected chi connectivity index (χ1v) is 13.2. The zero-order valence-electron chi connectivity index (χ0n) is 24.7. The van der Waals surface area contributed by atoms with E-state index in [1.807, 2.05) is 53.7 Å². The Morgan fingerprint density at radius 1 is 0.775 bits per heavy atom. The lowest BCUT2D eigenvalue weighted by molar-refractivity contribution is 0.0334. The van der Waals surface area contributed by atoms with Crippen molar-refractivity contribution in [3.05, 3.63) is 80.9 Å². The standard InChI is InChI=1S/C16H21NO3.C16H20O4/c1-5-6-17(4)15(18)13-8-12(7-11(2)3)9-14(10-13)16(19)20;1-5-11(4)20-16(19)14-8-12(6-10(2)3)7-13(9-14)15(17)18/h7-10H,5-6H2,1-4H3,(H,19,20);6-9,11H,5H2,1-4H3,(H,17,18). The van der Waals surface area contributed by atoms with E-state index in [2.05, 4.69) is 0 Å². The Balaban J connectivity index is 0.000000400. The molecular formula is C32H41NO7. The minimum absolute atomic E-state index is 0.0797. The number of carboxylic acids is 2. The highest BCUT2D eigenvalue weighted by atomic mass is 16.5. The molecule has 1 amide bonds. The molecule has 2 N–H and O–H groups in total. The lowest BCUT2D eigenvalue weighted by atomic mass is 10.0. The summed E-state index contributed by atoms with van der Waals surface area (Å²) in [6, 6.07) is 9.26. The number of rotatable bonds is 10. The first kappa shape index (κ1) is 33.8. The third-order valence-corrected chi connectivity index (χ3v) is 5.59. The van der Waals surface area contributed by atoms with E-state index in [1.54, 1.807) is 37.1 Å². The highest BCUT2D eigenvalue weighted by Gasteiger charge is 2.16. The molecule has 40 heavy (non-hydrogen) atoms. The number of hydrogen-bond donors (Lipinski definition) is 2. The molecule has 1 unspecified atom stereocenters. The first-order valence-electron chi connectivity index (χ1n) is 13.2. The van der Waals surface area contributed by atoms with Gasteiger partial charge in [-0.3, -0.25) is 4.79 Å². The summed E-state index contributed by atoms with van der Waals surface area (Å²) in [5.74, 6) is -2.74. The largest absolute Gasteiger partial charge is 0.478 e. The van der Waals surface area contributed by atoms with Crippen LogP contribution in [0.5, 0.6) is 0 Å². The second kappa shape index (κ2) is 16.0. The average molecular weight is 552 g/mol. The Bertz CT molecular complexity index is 1280. The molecule has 0 spiro atoms. The molecule has 2 aromatic rings. The van der Waals surface area contributed by atoms with Gasteiger partial charge in [0.1, 0.15) is 0 Å². The molecule has 2 aromatic carbocycles. The molecule has 0 aliphatic carbocycles. The van der Waals surface area contributed by atoms with E-state index in [0.29, 0.717) is 24.1 Å². The molecule has 8 heteroatoms. The van der Waals surface area contributed by atoms with Crippen molar-refractivity contribution in [3.8, 4) is 0 Å². The topological polar surface area (TPSA) is 121 Å². The zero-order chi connectivity index (χ0) is 30.6. The van der Waals surface area contributed by atoms with Crippen molar-refractivity contribution in [1.29, 1.82) is 0 Å². The number of allylic oxidation sites excluding steroid dienone is 2. The van der Waals surface area contributed by atoms with Gasteiger partial charge in [-0.15, -0.1) is 0 Å². The lowest BCUT2D eigenvalue weighted by Gasteiger charge is -2.16. The van der Waals surface area contributed by atoms with Crippen LogP contribution in [0.25, 0.3) is 12.2 Å². The number of esters is 1. The summed E-state index contributed by atoms with van der Waals surface area (Å²) in [6.07, 6.45) is 5.07. The normalized spacial score (nSPS) is 10.8. The second-order valence-corrected chi connectivity index (χ2v) is 10.1. The summed E-state index contributed by atoms with van der Waals surface area (Å²) < 4.78 is 5.23. The van der Waals surface area contributed by atoms with Crippen LogP contribution in [0.15, 0.2) is 47.5 Å². The Kier molecular flexibility index (Phi) is 13.6. The Morgan fingerprint density at radius 2 is 1.20 bits per heavy atom. The SMILES string of the molecule is CCC(C)OC(=O)c1cc(C=C(C)C)cc(C(=O)O)c1.CCCN(C)C(=O)c1cc(C=C(C)C)cc(C(=O)O)c1. The number of ether oxygens (including phenoxy) is 1. The number of carboxylic acid groups (broad SMARTS) is 2. The minimum Gasteiger partial charge on any atom is -0.478 e. The van der Waals surface area contributed by atoms with Crippen molar-refractivity contribution < 1.29 is 34.1 Å². The molecule has 0 bridgehead atoms. The highest BCUT2D eigenvalue weighted by Crippen LogP contribution is 2.17. The van der Waals surface area contributed by atoms with Gasteiger partial charge in [-0.25, -0.2) is 14.4 Å². The third-order valence-electron chi connectivity index (χ3n) is 5.59. The van der Waals surface area contributed by atoms with E-state index < -0.39 is 17.9 Å². The predicted octanol–water partition coefficient (Wildman–Crippen LogP) is 7.05. The predicted molar refractivity (Wildman–Crippen MR) is 158 cm³/mol. The van der Waals surface area contributed by atoms with Crippen LogP contribution >= 0.6 is 0 Å². The lowest BCUT2D eigenvalue weighted by Crippen LogP contribution is -2.27. The minimum atomic E-state index is -1.06. The molecular weight excluding hydrogens is 510 g/mol. The van der Waals surface area contributed by atoms with Crippen LogP contribution < -0.4 is 0 Å². The maximum atomic E-state index is 12.3. The summed E-state index contributed by atoms with van der Waals surface area (Å²) in [5.41, 5.74) is 4.37. The van der Waals surface area contributed by atoms with Crippen molar-refractivity contribution >= 4 is 36.0 Å². The van der Waals surface area contributed by atoms with Gasteiger partial charge in [0.25, 0.3) is 5.91 Å². The van der Waals surface area contributed by atoms with Crippen molar-refractivity contribution in [2.75, 3.05) is 13.6 Å². The van der Waals surface area contributed by atoms with Crippen molar-refractivity contribution in [3.63, 3.8) is 0 Å². The zero-order valence-corrected chi connectivity index (χ0v) is 24.7. The summed E-state index contributed by atoms with van der Waals surface area (Å²) >= 11 is 0. The fraction of sp³-hybridized carbons (Fsp3) is 0.375. The number of amides is 1. The van der Waals surface area contributed by atoms with Gasteiger partial charge in [0, 0.05) is 19.2 Å². The van der Waals surface area contributed by atoms with E-state index >= 15 is 0 Å². The van der Waals surface area contributed by atoms with Gasteiger partial charge in [0.2, 0.25) is 0 Å². The summed E-state index contributed by atoms with van der Waals surface area (Å²) in [5, 5.41) is 18.3. The maximum absolute atomic E-state index is 12.3. The van der Waals surface area contributed by atoms with Crippen LogP contribution in [0.2, 0.25) is 0 Å². The molecule has 0 fully saturated rings. The fourth-order valence-corrected chi connectivity index (χ4v) is 3.62. The Morgan fingerprint density at radius 3 is 1.60 bits per heavy atom. The van der Waals surface area contributed by atoms with Gasteiger partial charge in [-0.1, -0.05) is 37.1 Å². The van der Waals surface area contributed by atoms with Crippen LogP contribution in [-0.4, -0.2) is 58.6 Å². The van der Waals surface area contributed by atoms with Crippen LogP contribution in [0.3, 0.4) is 0 Å². The van der Waals surface area contributed by atoms with Crippen molar-refractivity contribution in [2.24, 2.45) is 0 Å². The number of hydrogen-bond acceptors (Lipinski definition) is 5. The van der Waals surface area contributed by atoms with Gasteiger partial charge in [-0.2, -0.15) is 0 Å². The van der Waals surface area contributed by atoms with Crippen molar-refractivity contribution in [1.82, 2.24) is 4.90 Å². The quantitative estimate of drug-likeness (QED) is 0.303. The highest BCUT2D eigenvalue weighted by molar-refractivity contribution is 5.98. The van der Waals surface area contributed by atoms with E-state index in [1.165, 1.54) is 18.2 Å². The summed E-state index contributed by atoms with van der Waals surface area (Å²) in [4.78, 5) is 48.1. The molecule has 0 aliphatic heterocycles. The number of carbonyl (C=O) groups is 4. The molecule has 0 aliphatic rings. The molecule has 8 nitrogen and oxygen atoms in total. The molecule has 1 atom stereocenters. The number of aromatic carboxylic acids is 2. The van der Waals surface area contributed by atoms with Crippen LogP contribution in [0.1, 0.15) is 114 Å². The fourth-order valence-electron chi connectivity index (χ4n) is 3.62. The first-order chi connectivity index (χ1) is 18.7. The van der Waals surface area contributed by atoms with Gasteiger partial charge in [0.05, 0.1) is 22.8 Å². The Labute approximate surface area is 237 Å². The summed E-state index contributed by atoms with van der Waals surface area (Å²) in [7, 11) is 1.72.